The van der Waals surface area contributed by atoms with E-state index in [1.165, 1.54) is 5.48 Å². The largest absolute Gasteiger partial charge is 0.410 e. The standard InChI is InChI=1S/C7H8F3NOS/c1-4-2-3-13-5(4)6(11-12)7(8,9)10/h2-3,6,11-12H,1H3/t6-/m0/s1. The molecule has 1 heterocycles. The first-order valence-electron chi connectivity index (χ1n) is 3.47. The molecule has 0 fully saturated rings. The van der Waals surface area contributed by atoms with Gasteiger partial charge in [-0.3, -0.25) is 0 Å². The number of halogens is 3. The van der Waals surface area contributed by atoms with Crippen LogP contribution in [0.2, 0.25) is 0 Å². The van der Waals surface area contributed by atoms with E-state index >= 15 is 0 Å². The highest BCUT2D eigenvalue weighted by atomic mass is 32.1. The van der Waals surface area contributed by atoms with E-state index in [0.717, 1.165) is 11.3 Å². The van der Waals surface area contributed by atoms with Crippen molar-refractivity contribution in [2.45, 2.75) is 19.1 Å². The number of hydroxylamine groups is 1. The Morgan fingerprint density at radius 2 is 2.15 bits per heavy atom. The average Bonchev–Trinajstić information content (AvgIpc) is 2.35. The quantitative estimate of drug-likeness (QED) is 0.737. The van der Waals surface area contributed by atoms with E-state index in [-0.39, 0.29) is 4.88 Å². The molecule has 1 rings (SSSR count). The highest BCUT2D eigenvalue weighted by Gasteiger charge is 2.42. The van der Waals surface area contributed by atoms with Crippen molar-refractivity contribution in [3.05, 3.63) is 21.9 Å². The van der Waals surface area contributed by atoms with Crippen molar-refractivity contribution in [1.82, 2.24) is 5.48 Å². The Kier molecular flexibility index (Phi) is 2.94. The molecule has 0 bridgehead atoms. The summed E-state index contributed by atoms with van der Waals surface area (Å²) in [6, 6.07) is -0.400. The van der Waals surface area contributed by atoms with Crippen molar-refractivity contribution in [2.24, 2.45) is 0 Å². The smallest absolute Gasteiger partial charge is 0.316 e. The van der Waals surface area contributed by atoms with E-state index in [1.54, 1.807) is 18.4 Å². The molecule has 0 aliphatic heterocycles. The monoisotopic (exact) mass is 211 g/mol. The lowest BCUT2D eigenvalue weighted by Crippen LogP contribution is -2.31. The highest BCUT2D eigenvalue weighted by Crippen LogP contribution is 2.36. The fraction of sp³-hybridized carbons (Fsp3) is 0.429. The lowest BCUT2D eigenvalue weighted by molar-refractivity contribution is -0.177. The fourth-order valence-corrected chi connectivity index (χ4v) is 1.96. The zero-order valence-electron chi connectivity index (χ0n) is 6.72. The van der Waals surface area contributed by atoms with Gasteiger partial charge >= 0.3 is 6.18 Å². The Morgan fingerprint density at radius 1 is 1.54 bits per heavy atom. The maximum atomic E-state index is 12.2. The van der Waals surface area contributed by atoms with Crippen LogP contribution < -0.4 is 5.48 Å². The van der Waals surface area contributed by atoms with Crippen molar-refractivity contribution in [3.8, 4) is 0 Å². The SMILES string of the molecule is Cc1ccsc1[C@H](NO)C(F)(F)F. The Morgan fingerprint density at radius 3 is 2.46 bits per heavy atom. The van der Waals surface area contributed by atoms with Crippen LogP contribution in [-0.4, -0.2) is 11.4 Å². The minimum atomic E-state index is -4.47. The second kappa shape index (κ2) is 3.65. The molecule has 0 amide bonds. The molecule has 0 saturated carbocycles. The zero-order chi connectivity index (χ0) is 10.1. The molecule has 0 aliphatic rings. The van der Waals surface area contributed by atoms with E-state index in [2.05, 4.69) is 0 Å². The number of aryl methyl sites for hydroxylation is 1. The van der Waals surface area contributed by atoms with Gasteiger partial charge in [-0.2, -0.15) is 18.7 Å². The van der Waals surface area contributed by atoms with Gasteiger partial charge in [-0.25, -0.2) is 0 Å². The number of hydrogen-bond donors (Lipinski definition) is 2. The summed E-state index contributed by atoms with van der Waals surface area (Å²) in [6.45, 7) is 1.57. The lowest BCUT2D eigenvalue weighted by Gasteiger charge is -2.17. The van der Waals surface area contributed by atoms with Crippen LogP contribution in [0.5, 0.6) is 0 Å². The Balaban J connectivity index is 2.98. The Bertz CT molecular complexity index is 284. The Hall–Kier alpha value is -0.590. The van der Waals surface area contributed by atoms with Gasteiger partial charge in [0.25, 0.3) is 0 Å². The van der Waals surface area contributed by atoms with E-state index in [0.29, 0.717) is 5.56 Å². The molecule has 2 N–H and O–H groups in total. The summed E-state index contributed by atoms with van der Waals surface area (Å²) in [5.74, 6) is 0. The summed E-state index contributed by atoms with van der Waals surface area (Å²) in [6.07, 6.45) is -4.47. The van der Waals surface area contributed by atoms with Crippen LogP contribution in [-0.2, 0) is 0 Å². The second-order valence-corrected chi connectivity index (χ2v) is 3.52. The van der Waals surface area contributed by atoms with Gasteiger partial charge in [-0.15, -0.1) is 11.3 Å². The van der Waals surface area contributed by atoms with Crippen LogP contribution in [0.15, 0.2) is 11.4 Å². The normalized spacial score (nSPS) is 14.5. The Labute approximate surface area is 77.0 Å². The molecule has 13 heavy (non-hydrogen) atoms. The summed E-state index contributed by atoms with van der Waals surface area (Å²) < 4.78 is 36.7. The van der Waals surface area contributed by atoms with E-state index < -0.39 is 12.2 Å². The summed E-state index contributed by atoms with van der Waals surface area (Å²) in [5, 5.41) is 9.95. The molecular weight excluding hydrogens is 203 g/mol. The van der Waals surface area contributed by atoms with Gasteiger partial charge in [-0.1, -0.05) is 0 Å². The first kappa shape index (κ1) is 10.5. The molecule has 1 aromatic rings. The molecule has 0 aliphatic carbocycles. The first-order chi connectivity index (χ1) is 5.96. The predicted molar refractivity (Wildman–Crippen MR) is 42.8 cm³/mol. The zero-order valence-corrected chi connectivity index (χ0v) is 7.54. The van der Waals surface area contributed by atoms with Crippen molar-refractivity contribution in [1.29, 1.82) is 0 Å². The maximum Gasteiger partial charge on any atom is 0.410 e. The second-order valence-electron chi connectivity index (χ2n) is 2.57. The van der Waals surface area contributed by atoms with Crippen LogP contribution >= 0.6 is 11.3 Å². The maximum absolute atomic E-state index is 12.2. The molecule has 1 atom stereocenters. The van der Waals surface area contributed by atoms with Gasteiger partial charge in [0.1, 0.15) is 0 Å². The third kappa shape index (κ3) is 2.20. The van der Waals surface area contributed by atoms with Crippen molar-refractivity contribution < 1.29 is 18.4 Å². The third-order valence-electron chi connectivity index (χ3n) is 1.62. The molecule has 0 radical (unpaired) electrons. The van der Waals surface area contributed by atoms with Crippen molar-refractivity contribution in [3.63, 3.8) is 0 Å². The van der Waals surface area contributed by atoms with Gasteiger partial charge in [0.05, 0.1) is 0 Å². The topological polar surface area (TPSA) is 32.3 Å². The van der Waals surface area contributed by atoms with Crippen LogP contribution in [0.1, 0.15) is 16.5 Å². The summed E-state index contributed by atoms with van der Waals surface area (Å²) >= 11 is 0.967. The molecule has 0 saturated heterocycles. The number of rotatable bonds is 2. The predicted octanol–water partition coefficient (Wildman–Crippen LogP) is 2.64. The van der Waals surface area contributed by atoms with E-state index in [1.807, 2.05) is 0 Å². The molecule has 1 aromatic heterocycles. The fourth-order valence-electron chi connectivity index (χ4n) is 0.961. The third-order valence-corrected chi connectivity index (χ3v) is 2.70. The van der Waals surface area contributed by atoms with Gasteiger partial charge in [-0.05, 0) is 23.9 Å². The molecule has 2 nitrogen and oxygen atoms in total. The van der Waals surface area contributed by atoms with Crippen molar-refractivity contribution in [2.75, 3.05) is 0 Å². The number of nitrogens with one attached hydrogen (secondary N) is 1. The molecule has 74 valence electrons. The summed E-state index contributed by atoms with van der Waals surface area (Å²) in [7, 11) is 0. The van der Waals surface area contributed by atoms with Crippen molar-refractivity contribution >= 4 is 11.3 Å². The van der Waals surface area contributed by atoms with E-state index in [4.69, 9.17) is 5.21 Å². The van der Waals surface area contributed by atoms with Crippen LogP contribution in [0.3, 0.4) is 0 Å². The molecule has 0 unspecified atom stereocenters. The highest BCUT2D eigenvalue weighted by molar-refractivity contribution is 7.10. The van der Waals surface area contributed by atoms with Gasteiger partial charge in [0.2, 0.25) is 0 Å². The molecule has 0 spiro atoms. The number of alkyl halides is 3. The molecular formula is C7H8F3NOS. The van der Waals surface area contributed by atoms with Gasteiger partial charge in [0.15, 0.2) is 6.04 Å². The summed E-state index contributed by atoms with van der Waals surface area (Å²) in [5.41, 5.74) is 1.79. The van der Waals surface area contributed by atoms with Gasteiger partial charge < -0.3 is 5.21 Å². The van der Waals surface area contributed by atoms with E-state index in [9.17, 15) is 13.2 Å². The average molecular weight is 211 g/mol. The number of thiophene rings is 1. The van der Waals surface area contributed by atoms with Crippen LogP contribution in [0, 0.1) is 6.92 Å². The summed E-state index contributed by atoms with van der Waals surface area (Å²) in [4.78, 5) is 0.0926. The minimum Gasteiger partial charge on any atom is -0.316 e. The van der Waals surface area contributed by atoms with Crippen LogP contribution in [0.25, 0.3) is 0 Å². The lowest BCUT2D eigenvalue weighted by atomic mass is 10.2. The van der Waals surface area contributed by atoms with Crippen LogP contribution in [0.4, 0.5) is 13.2 Å². The van der Waals surface area contributed by atoms with Gasteiger partial charge in [0, 0.05) is 4.88 Å². The molecule has 6 heteroatoms. The first-order valence-corrected chi connectivity index (χ1v) is 4.35. The molecule has 0 aromatic carbocycles. The minimum absolute atomic E-state index is 0.0926. The number of hydrogen-bond acceptors (Lipinski definition) is 3.